The highest BCUT2D eigenvalue weighted by Crippen LogP contribution is 2.24. The molecular formula is C14H18ClNO4S. The molecule has 1 fully saturated rings. The molecule has 5 nitrogen and oxygen atoms in total. The standard InChI is InChI=1S/C14H18ClNO4S/c1-10-5-6-16(8-10)14(17)11-3-4-12(9-20-2)13(7-11)21(15,18)19/h3-4,7,10H,5-6,8-9H2,1-2H3. The number of rotatable bonds is 4. The summed E-state index contributed by atoms with van der Waals surface area (Å²) in [6.07, 6.45) is 0.966. The normalized spacial score (nSPS) is 19.0. The molecule has 0 aromatic heterocycles. The van der Waals surface area contributed by atoms with Crippen LogP contribution < -0.4 is 0 Å². The quantitative estimate of drug-likeness (QED) is 0.794. The van der Waals surface area contributed by atoms with E-state index in [9.17, 15) is 13.2 Å². The fraction of sp³-hybridized carbons (Fsp3) is 0.500. The topological polar surface area (TPSA) is 63.7 Å². The molecule has 1 atom stereocenters. The lowest BCUT2D eigenvalue weighted by Gasteiger charge is -2.17. The van der Waals surface area contributed by atoms with Gasteiger partial charge in [-0.1, -0.05) is 13.0 Å². The molecule has 1 saturated heterocycles. The average molecular weight is 332 g/mol. The van der Waals surface area contributed by atoms with Gasteiger partial charge in [0, 0.05) is 36.4 Å². The summed E-state index contributed by atoms with van der Waals surface area (Å²) in [6.45, 7) is 3.60. The molecule has 1 aromatic rings. The lowest BCUT2D eigenvalue weighted by Crippen LogP contribution is -2.28. The van der Waals surface area contributed by atoms with Crippen LogP contribution in [0, 0.1) is 5.92 Å². The van der Waals surface area contributed by atoms with Gasteiger partial charge in [-0.05, 0) is 30.0 Å². The molecule has 0 saturated carbocycles. The Morgan fingerprint density at radius 1 is 1.48 bits per heavy atom. The van der Waals surface area contributed by atoms with Crippen molar-refractivity contribution >= 4 is 25.6 Å². The number of likely N-dealkylation sites (tertiary alicyclic amines) is 1. The number of ether oxygens (including phenoxy) is 1. The number of amides is 1. The molecule has 0 spiro atoms. The van der Waals surface area contributed by atoms with Crippen molar-refractivity contribution in [1.29, 1.82) is 0 Å². The van der Waals surface area contributed by atoms with Crippen molar-refractivity contribution in [2.24, 2.45) is 5.92 Å². The zero-order chi connectivity index (χ0) is 15.6. The maximum Gasteiger partial charge on any atom is 0.261 e. The summed E-state index contributed by atoms with van der Waals surface area (Å²) in [7, 11) is 2.99. The van der Waals surface area contributed by atoms with E-state index in [2.05, 4.69) is 6.92 Å². The van der Waals surface area contributed by atoms with Crippen LogP contribution >= 0.6 is 10.7 Å². The molecule has 1 aliphatic rings. The van der Waals surface area contributed by atoms with Gasteiger partial charge in [-0.2, -0.15) is 0 Å². The Hall–Kier alpha value is -1.11. The number of carbonyl (C=O) groups is 1. The Morgan fingerprint density at radius 3 is 2.71 bits per heavy atom. The van der Waals surface area contributed by atoms with Crippen molar-refractivity contribution in [2.75, 3.05) is 20.2 Å². The summed E-state index contributed by atoms with van der Waals surface area (Å²) in [4.78, 5) is 14.1. The second kappa shape index (κ2) is 6.34. The smallest absolute Gasteiger partial charge is 0.261 e. The summed E-state index contributed by atoms with van der Waals surface area (Å²) in [5.41, 5.74) is 0.780. The number of methoxy groups -OCH3 is 1. The third kappa shape index (κ3) is 3.75. The fourth-order valence-electron chi connectivity index (χ4n) is 2.49. The van der Waals surface area contributed by atoms with Gasteiger partial charge in [0.1, 0.15) is 0 Å². The van der Waals surface area contributed by atoms with Gasteiger partial charge < -0.3 is 9.64 Å². The van der Waals surface area contributed by atoms with E-state index in [1.54, 1.807) is 17.0 Å². The molecule has 1 amide bonds. The van der Waals surface area contributed by atoms with Gasteiger partial charge >= 0.3 is 0 Å². The molecule has 0 radical (unpaired) electrons. The van der Waals surface area contributed by atoms with Crippen molar-refractivity contribution in [3.05, 3.63) is 29.3 Å². The number of hydrogen-bond acceptors (Lipinski definition) is 4. The molecule has 2 rings (SSSR count). The van der Waals surface area contributed by atoms with Crippen LogP contribution in [0.4, 0.5) is 0 Å². The van der Waals surface area contributed by atoms with E-state index in [1.165, 1.54) is 13.2 Å². The van der Waals surface area contributed by atoms with Gasteiger partial charge in [0.15, 0.2) is 0 Å². The highest BCUT2D eigenvalue weighted by atomic mass is 35.7. The lowest BCUT2D eigenvalue weighted by atomic mass is 10.1. The third-order valence-corrected chi connectivity index (χ3v) is 4.99. The monoisotopic (exact) mass is 331 g/mol. The number of hydrogen-bond donors (Lipinski definition) is 0. The van der Waals surface area contributed by atoms with Crippen LogP contribution in [0.1, 0.15) is 29.3 Å². The molecule has 1 unspecified atom stereocenters. The largest absolute Gasteiger partial charge is 0.380 e. The first-order valence-corrected chi connectivity index (χ1v) is 8.99. The average Bonchev–Trinajstić information content (AvgIpc) is 2.84. The fourth-order valence-corrected chi connectivity index (χ4v) is 3.63. The number of halogens is 1. The van der Waals surface area contributed by atoms with Crippen LogP contribution in [0.25, 0.3) is 0 Å². The van der Waals surface area contributed by atoms with Gasteiger partial charge in [0.25, 0.3) is 15.0 Å². The van der Waals surface area contributed by atoms with Crippen LogP contribution in [0.5, 0.6) is 0 Å². The predicted molar refractivity (Wildman–Crippen MR) is 79.9 cm³/mol. The first-order chi connectivity index (χ1) is 9.82. The van der Waals surface area contributed by atoms with E-state index < -0.39 is 9.05 Å². The van der Waals surface area contributed by atoms with Crippen LogP contribution in [0.3, 0.4) is 0 Å². The van der Waals surface area contributed by atoms with Crippen LogP contribution in [-0.4, -0.2) is 39.4 Å². The summed E-state index contributed by atoms with van der Waals surface area (Å²) in [5.74, 6) is 0.308. The molecule has 1 aliphatic heterocycles. The summed E-state index contributed by atoms with van der Waals surface area (Å²) in [6, 6.07) is 4.53. The van der Waals surface area contributed by atoms with E-state index in [-0.39, 0.29) is 17.4 Å². The molecule has 7 heteroatoms. The minimum atomic E-state index is -3.92. The van der Waals surface area contributed by atoms with Crippen LogP contribution in [-0.2, 0) is 20.4 Å². The molecule has 21 heavy (non-hydrogen) atoms. The Labute approximate surface area is 129 Å². The SMILES string of the molecule is COCc1ccc(C(=O)N2CCC(C)C2)cc1S(=O)(=O)Cl. The molecule has 0 aliphatic carbocycles. The first kappa shape index (κ1) is 16.3. The van der Waals surface area contributed by atoms with Crippen molar-refractivity contribution in [2.45, 2.75) is 24.8 Å². The van der Waals surface area contributed by atoms with E-state index in [0.717, 1.165) is 6.42 Å². The Morgan fingerprint density at radius 2 is 2.19 bits per heavy atom. The Balaban J connectivity index is 2.35. The van der Waals surface area contributed by atoms with E-state index in [0.29, 0.717) is 30.1 Å². The molecular weight excluding hydrogens is 314 g/mol. The zero-order valence-corrected chi connectivity index (χ0v) is 13.6. The number of nitrogens with zero attached hydrogens (tertiary/aromatic N) is 1. The molecule has 0 N–H and O–H groups in total. The van der Waals surface area contributed by atoms with Gasteiger partial charge in [-0.15, -0.1) is 0 Å². The van der Waals surface area contributed by atoms with E-state index in [4.69, 9.17) is 15.4 Å². The number of carbonyl (C=O) groups excluding carboxylic acids is 1. The Bertz CT molecular complexity index is 644. The first-order valence-electron chi connectivity index (χ1n) is 6.68. The molecule has 116 valence electrons. The van der Waals surface area contributed by atoms with E-state index >= 15 is 0 Å². The second-order valence-electron chi connectivity index (χ2n) is 5.34. The zero-order valence-electron chi connectivity index (χ0n) is 12.0. The molecule has 0 bridgehead atoms. The molecule has 1 heterocycles. The van der Waals surface area contributed by atoms with Crippen molar-refractivity contribution in [3.63, 3.8) is 0 Å². The van der Waals surface area contributed by atoms with Crippen LogP contribution in [0.15, 0.2) is 23.1 Å². The van der Waals surface area contributed by atoms with E-state index in [1.807, 2.05) is 0 Å². The van der Waals surface area contributed by atoms with Gasteiger partial charge in [0.2, 0.25) is 0 Å². The van der Waals surface area contributed by atoms with Crippen LogP contribution in [0.2, 0.25) is 0 Å². The third-order valence-electron chi connectivity index (χ3n) is 3.59. The maximum atomic E-state index is 12.4. The summed E-state index contributed by atoms with van der Waals surface area (Å²) in [5, 5.41) is 0. The minimum absolute atomic E-state index is 0.0656. The van der Waals surface area contributed by atoms with Gasteiger partial charge in [-0.25, -0.2) is 8.42 Å². The maximum absolute atomic E-state index is 12.4. The number of benzene rings is 1. The summed E-state index contributed by atoms with van der Waals surface area (Å²) < 4.78 is 28.3. The van der Waals surface area contributed by atoms with Crippen molar-refractivity contribution < 1.29 is 17.9 Å². The molecule has 1 aromatic carbocycles. The summed E-state index contributed by atoms with van der Waals surface area (Å²) >= 11 is 0. The highest BCUT2D eigenvalue weighted by Gasteiger charge is 2.26. The van der Waals surface area contributed by atoms with Crippen molar-refractivity contribution in [1.82, 2.24) is 4.90 Å². The van der Waals surface area contributed by atoms with Gasteiger partial charge in [0.05, 0.1) is 11.5 Å². The van der Waals surface area contributed by atoms with Gasteiger partial charge in [-0.3, -0.25) is 4.79 Å². The highest BCUT2D eigenvalue weighted by molar-refractivity contribution is 8.13. The second-order valence-corrected chi connectivity index (χ2v) is 7.87. The Kier molecular flexibility index (Phi) is 4.91. The van der Waals surface area contributed by atoms with Crippen molar-refractivity contribution in [3.8, 4) is 0 Å². The lowest BCUT2D eigenvalue weighted by molar-refractivity contribution is 0.0787. The minimum Gasteiger partial charge on any atom is -0.380 e. The predicted octanol–water partition coefficient (Wildman–Crippen LogP) is 2.24.